The Morgan fingerprint density at radius 1 is 1.35 bits per heavy atom. The zero-order chi connectivity index (χ0) is 12.9. The number of hydrogen-bond acceptors (Lipinski definition) is 2. The minimum absolute atomic E-state index is 0.0572. The molecule has 2 N–H and O–H groups in total. The molecule has 0 radical (unpaired) electrons. The first kappa shape index (κ1) is 14.1. The van der Waals surface area contributed by atoms with E-state index in [4.69, 9.17) is 4.74 Å². The number of hydrogen-bond donors (Lipinski definition) is 2. The molecule has 17 heavy (non-hydrogen) atoms. The predicted molar refractivity (Wildman–Crippen MR) is 59.0 cm³/mol. The van der Waals surface area contributed by atoms with Gasteiger partial charge in [0.15, 0.2) is 5.96 Å². The van der Waals surface area contributed by atoms with Gasteiger partial charge >= 0.3 is 6.18 Å². The van der Waals surface area contributed by atoms with Crippen LogP contribution in [0.4, 0.5) is 13.2 Å². The first-order valence-corrected chi connectivity index (χ1v) is 5.44. The number of ether oxygens (including phenoxy) is 1. The Hall–Kier alpha value is -0.980. The highest BCUT2D eigenvalue weighted by Gasteiger charge is 2.33. The van der Waals surface area contributed by atoms with Gasteiger partial charge in [0.1, 0.15) is 0 Å². The van der Waals surface area contributed by atoms with Crippen LogP contribution in [-0.4, -0.2) is 45.5 Å². The van der Waals surface area contributed by atoms with Crippen molar-refractivity contribution in [1.29, 1.82) is 0 Å². The van der Waals surface area contributed by atoms with Gasteiger partial charge in [-0.25, -0.2) is 0 Å². The van der Waals surface area contributed by atoms with Crippen LogP contribution in [0.5, 0.6) is 0 Å². The molecule has 4 nitrogen and oxygen atoms in total. The van der Waals surface area contributed by atoms with Gasteiger partial charge < -0.3 is 15.4 Å². The van der Waals surface area contributed by atoms with E-state index in [-0.39, 0.29) is 12.0 Å². The lowest BCUT2D eigenvalue weighted by Gasteiger charge is -2.38. The first-order valence-electron chi connectivity index (χ1n) is 5.44. The van der Waals surface area contributed by atoms with Crippen LogP contribution in [0.15, 0.2) is 4.99 Å². The van der Waals surface area contributed by atoms with E-state index in [0.717, 1.165) is 0 Å². The molecule has 0 aliphatic carbocycles. The van der Waals surface area contributed by atoms with Crippen molar-refractivity contribution in [2.75, 3.05) is 33.4 Å². The lowest BCUT2D eigenvalue weighted by Crippen LogP contribution is -2.51. The molecular formula is C10H18F3N3O. The third-order valence-electron chi connectivity index (χ3n) is 2.51. The molecule has 0 amide bonds. The van der Waals surface area contributed by atoms with Crippen LogP contribution in [0.1, 0.15) is 13.3 Å². The van der Waals surface area contributed by atoms with Gasteiger partial charge in [-0.05, 0) is 0 Å². The predicted octanol–water partition coefficient (Wildman–Crippen LogP) is 1.14. The van der Waals surface area contributed by atoms with E-state index in [1.54, 1.807) is 0 Å². The van der Waals surface area contributed by atoms with Crippen molar-refractivity contribution in [3.8, 4) is 0 Å². The van der Waals surface area contributed by atoms with Gasteiger partial charge in [-0.1, -0.05) is 6.92 Å². The summed E-state index contributed by atoms with van der Waals surface area (Å²) in [4.78, 5) is 3.86. The second-order valence-corrected chi connectivity index (χ2v) is 4.52. The van der Waals surface area contributed by atoms with Crippen LogP contribution >= 0.6 is 0 Å². The maximum absolute atomic E-state index is 11.9. The lowest BCUT2D eigenvalue weighted by molar-refractivity contribution is -0.132. The van der Waals surface area contributed by atoms with Crippen LogP contribution in [0.25, 0.3) is 0 Å². The molecule has 0 aromatic heterocycles. The fraction of sp³-hybridized carbons (Fsp3) is 0.900. The molecule has 1 aliphatic rings. The molecule has 0 atom stereocenters. The molecule has 0 saturated carbocycles. The number of nitrogens with one attached hydrogen (secondary N) is 2. The molecule has 1 aliphatic heterocycles. The first-order chi connectivity index (χ1) is 7.85. The zero-order valence-corrected chi connectivity index (χ0v) is 10.0. The van der Waals surface area contributed by atoms with Crippen molar-refractivity contribution >= 4 is 5.96 Å². The molecule has 0 bridgehead atoms. The van der Waals surface area contributed by atoms with Crippen LogP contribution in [0.3, 0.4) is 0 Å². The number of rotatable bonds is 4. The van der Waals surface area contributed by atoms with Gasteiger partial charge in [0, 0.05) is 25.6 Å². The van der Waals surface area contributed by atoms with Crippen LogP contribution in [-0.2, 0) is 4.74 Å². The van der Waals surface area contributed by atoms with E-state index >= 15 is 0 Å². The van der Waals surface area contributed by atoms with E-state index in [1.807, 2.05) is 6.92 Å². The molecule has 1 rings (SSSR count). The quantitative estimate of drug-likeness (QED) is 0.583. The third-order valence-corrected chi connectivity index (χ3v) is 2.51. The van der Waals surface area contributed by atoms with E-state index in [0.29, 0.717) is 25.7 Å². The molecule has 7 heteroatoms. The topological polar surface area (TPSA) is 45.7 Å². The SMILES string of the molecule is CN=C(NCCC(F)(F)F)NCC1(C)COC1. The van der Waals surface area contributed by atoms with E-state index in [2.05, 4.69) is 15.6 Å². The number of halogens is 3. The van der Waals surface area contributed by atoms with Crippen molar-refractivity contribution in [1.82, 2.24) is 10.6 Å². The number of nitrogens with zero attached hydrogens (tertiary/aromatic N) is 1. The number of alkyl halides is 3. The third kappa shape index (κ3) is 5.25. The maximum atomic E-state index is 11.9. The highest BCUT2D eigenvalue weighted by molar-refractivity contribution is 5.79. The van der Waals surface area contributed by atoms with Crippen molar-refractivity contribution in [3.63, 3.8) is 0 Å². The molecule has 1 fully saturated rings. The minimum Gasteiger partial charge on any atom is -0.380 e. The second-order valence-electron chi connectivity index (χ2n) is 4.52. The summed E-state index contributed by atoms with van der Waals surface area (Å²) in [7, 11) is 1.53. The van der Waals surface area contributed by atoms with Crippen LogP contribution in [0.2, 0.25) is 0 Å². The van der Waals surface area contributed by atoms with Gasteiger partial charge in [-0.15, -0.1) is 0 Å². The molecular weight excluding hydrogens is 235 g/mol. The van der Waals surface area contributed by atoms with Gasteiger partial charge in [-0.3, -0.25) is 4.99 Å². The smallest absolute Gasteiger partial charge is 0.380 e. The van der Waals surface area contributed by atoms with E-state index < -0.39 is 12.6 Å². The normalized spacial score (nSPS) is 19.7. The monoisotopic (exact) mass is 253 g/mol. The molecule has 0 aromatic rings. The summed E-state index contributed by atoms with van der Waals surface area (Å²) in [5, 5.41) is 5.61. The highest BCUT2D eigenvalue weighted by atomic mass is 19.4. The number of guanidine groups is 1. The molecule has 1 saturated heterocycles. The Bertz CT molecular complexity index is 274. The summed E-state index contributed by atoms with van der Waals surface area (Å²) < 4.78 is 40.9. The average molecular weight is 253 g/mol. The highest BCUT2D eigenvalue weighted by Crippen LogP contribution is 2.24. The summed E-state index contributed by atoms with van der Waals surface area (Å²) >= 11 is 0. The standard InChI is InChI=1S/C10H18F3N3O/c1-9(6-17-7-9)5-16-8(14-2)15-4-3-10(11,12)13/h3-7H2,1-2H3,(H2,14,15,16). The molecule has 1 heterocycles. The van der Waals surface area contributed by atoms with Gasteiger partial charge in [0.05, 0.1) is 19.6 Å². The van der Waals surface area contributed by atoms with Gasteiger partial charge in [0.25, 0.3) is 0 Å². The van der Waals surface area contributed by atoms with Crippen molar-refractivity contribution < 1.29 is 17.9 Å². The molecule has 100 valence electrons. The van der Waals surface area contributed by atoms with Crippen LogP contribution < -0.4 is 10.6 Å². The summed E-state index contributed by atoms with van der Waals surface area (Å²) in [5.74, 6) is 0.391. The molecule has 0 aromatic carbocycles. The summed E-state index contributed by atoms with van der Waals surface area (Å²) in [6.07, 6.45) is -5.01. The summed E-state index contributed by atoms with van der Waals surface area (Å²) in [6.45, 7) is 3.85. The van der Waals surface area contributed by atoms with E-state index in [1.165, 1.54) is 7.05 Å². The fourth-order valence-electron chi connectivity index (χ4n) is 1.39. The van der Waals surface area contributed by atoms with E-state index in [9.17, 15) is 13.2 Å². The van der Waals surface area contributed by atoms with Crippen molar-refractivity contribution in [2.24, 2.45) is 10.4 Å². The Kier molecular flexibility index (Phi) is 4.62. The van der Waals surface area contributed by atoms with Crippen molar-refractivity contribution in [3.05, 3.63) is 0 Å². The Balaban J connectivity index is 2.20. The Morgan fingerprint density at radius 3 is 2.41 bits per heavy atom. The minimum atomic E-state index is -4.14. The van der Waals surface area contributed by atoms with Crippen molar-refractivity contribution in [2.45, 2.75) is 19.5 Å². The Morgan fingerprint density at radius 2 is 2.00 bits per heavy atom. The molecule has 0 spiro atoms. The lowest BCUT2D eigenvalue weighted by atomic mass is 9.89. The summed E-state index contributed by atoms with van der Waals surface area (Å²) in [5.41, 5.74) is 0.0572. The van der Waals surface area contributed by atoms with Crippen LogP contribution in [0, 0.1) is 5.41 Å². The zero-order valence-electron chi connectivity index (χ0n) is 10.0. The summed E-state index contributed by atoms with van der Waals surface area (Å²) in [6, 6.07) is 0. The Labute approximate surface area is 98.6 Å². The second kappa shape index (κ2) is 5.57. The number of aliphatic imine (C=N–C) groups is 1. The fourth-order valence-corrected chi connectivity index (χ4v) is 1.39. The maximum Gasteiger partial charge on any atom is 0.390 e. The van der Waals surface area contributed by atoms with Gasteiger partial charge in [-0.2, -0.15) is 13.2 Å². The van der Waals surface area contributed by atoms with Gasteiger partial charge in [0.2, 0.25) is 0 Å². The average Bonchev–Trinajstić information content (AvgIpc) is 2.18. The molecule has 0 unspecified atom stereocenters. The largest absolute Gasteiger partial charge is 0.390 e.